The maximum atomic E-state index is 12.6. The third-order valence-corrected chi connectivity index (χ3v) is 5.91. The standard InChI is InChI=1S/C20H24N4O2/c1-14-12-16(22-23(14)2)19(26)24-10-8-20(9-11-24)13-17(20)21-18(25)15-6-4-3-5-7-15/h3-7,12,17H,8-11,13H2,1-2H3,(H,21,25). The summed E-state index contributed by atoms with van der Waals surface area (Å²) >= 11 is 0. The molecule has 6 nitrogen and oxygen atoms in total. The Balaban J connectivity index is 1.33. The Hall–Kier alpha value is -2.63. The minimum Gasteiger partial charge on any atom is -0.349 e. The number of amides is 2. The molecule has 0 bridgehead atoms. The number of hydrogen-bond donors (Lipinski definition) is 1. The second-order valence-electron chi connectivity index (χ2n) is 7.55. The molecular formula is C20H24N4O2. The van der Waals surface area contributed by atoms with Gasteiger partial charge in [0.15, 0.2) is 5.69 Å². The maximum absolute atomic E-state index is 12.6. The molecule has 26 heavy (non-hydrogen) atoms. The Morgan fingerprint density at radius 2 is 1.88 bits per heavy atom. The number of hydrogen-bond acceptors (Lipinski definition) is 3. The van der Waals surface area contributed by atoms with Crippen LogP contribution in [-0.4, -0.2) is 45.6 Å². The summed E-state index contributed by atoms with van der Waals surface area (Å²) in [4.78, 5) is 26.8. The number of carbonyl (C=O) groups excluding carboxylic acids is 2. The summed E-state index contributed by atoms with van der Waals surface area (Å²) in [6, 6.07) is 11.4. The predicted molar refractivity (Wildman–Crippen MR) is 97.8 cm³/mol. The first kappa shape index (κ1) is 16.8. The predicted octanol–water partition coefficient (Wildman–Crippen LogP) is 2.15. The molecule has 2 fully saturated rings. The highest BCUT2D eigenvalue weighted by Crippen LogP contribution is 2.54. The molecule has 1 atom stereocenters. The first-order chi connectivity index (χ1) is 12.5. The summed E-state index contributed by atoms with van der Waals surface area (Å²) in [6.45, 7) is 3.40. The molecule has 2 amide bonds. The molecule has 2 aromatic rings. The van der Waals surface area contributed by atoms with Gasteiger partial charge >= 0.3 is 0 Å². The second-order valence-corrected chi connectivity index (χ2v) is 7.55. The van der Waals surface area contributed by atoms with Gasteiger partial charge in [-0.15, -0.1) is 0 Å². The number of rotatable bonds is 3. The Morgan fingerprint density at radius 3 is 2.50 bits per heavy atom. The Bertz CT molecular complexity index is 815. The van der Waals surface area contributed by atoms with Crippen molar-refractivity contribution in [2.45, 2.75) is 32.2 Å². The van der Waals surface area contributed by atoms with Crippen molar-refractivity contribution in [3.05, 3.63) is 53.3 Å². The smallest absolute Gasteiger partial charge is 0.274 e. The van der Waals surface area contributed by atoms with E-state index in [0.717, 1.165) is 38.0 Å². The molecule has 0 radical (unpaired) electrons. The van der Waals surface area contributed by atoms with E-state index in [1.54, 1.807) is 4.68 Å². The molecule has 1 saturated carbocycles. The van der Waals surface area contributed by atoms with Gasteiger partial charge in [-0.05, 0) is 49.8 Å². The number of nitrogens with one attached hydrogen (secondary N) is 1. The van der Waals surface area contributed by atoms with E-state index in [0.29, 0.717) is 11.3 Å². The van der Waals surface area contributed by atoms with Crippen molar-refractivity contribution in [3.8, 4) is 0 Å². The zero-order chi connectivity index (χ0) is 18.3. The van der Waals surface area contributed by atoms with Gasteiger partial charge < -0.3 is 10.2 Å². The average molecular weight is 352 g/mol. The van der Waals surface area contributed by atoms with Crippen molar-refractivity contribution < 1.29 is 9.59 Å². The van der Waals surface area contributed by atoms with E-state index in [9.17, 15) is 9.59 Å². The first-order valence-electron chi connectivity index (χ1n) is 9.14. The van der Waals surface area contributed by atoms with Crippen molar-refractivity contribution in [2.24, 2.45) is 12.5 Å². The number of aryl methyl sites for hydroxylation is 2. The lowest BCUT2D eigenvalue weighted by Gasteiger charge is -2.32. The van der Waals surface area contributed by atoms with Gasteiger partial charge in [-0.2, -0.15) is 5.10 Å². The molecule has 1 saturated heterocycles. The molecule has 1 unspecified atom stereocenters. The molecular weight excluding hydrogens is 328 g/mol. The van der Waals surface area contributed by atoms with Crippen LogP contribution in [-0.2, 0) is 7.05 Å². The van der Waals surface area contributed by atoms with E-state index in [2.05, 4.69) is 10.4 Å². The maximum Gasteiger partial charge on any atom is 0.274 e. The van der Waals surface area contributed by atoms with Gasteiger partial charge in [0.05, 0.1) is 0 Å². The highest BCUT2D eigenvalue weighted by Gasteiger charge is 2.56. The summed E-state index contributed by atoms with van der Waals surface area (Å²) in [6.07, 6.45) is 2.88. The van der Waals surface area contributed by atoms with Gasteiger partial charge in [0.2, 0.25) is 0 Å². The highest BCUT2D eigenvalue weighted by molar-refractivity contribution is 5.94. The number of carbonyl (C=O) groups is 2. The van der Waals surface area contributed by atoms with Crippen molar-refractivity contribution in [3.63, 3.8) is 0 Å². The Kier molecular flexibility index (Phi) is 4.05. The number of benzene rings is 1. The topological polar surface area (TPSA) is 67.2 Å². The van der Waals surface area contributed by atoms with Gasteiger partial charge in [0.1, 0.15) is 0 Å². The van der Waals surface area contributed by atoms with Crippen LogP contribution >= 0.6 is 0 Å². The van der Waals surface area contributed by atoms with E-state index in [4.69, 9.17) is 0 Å². The lowest BCUT2D eigenvalue weighted by Crippen LogP contribution is -2.42. The fourth-order valence-electron chi connectivity index (χ4n) is 3.92. The minimum atomic E-state index is -0.00468. The minimum absolute atomic E-state index is 0.00468. The normalized spacial score (nSPS) is 20.8. The van der Waals surface area contributed by atoms with Gasteiger partial charge in [-0.25, -0.2) is 0 Å². The SMILES string of the molecule is Cc1cc(C(=O)N2CCC3(CC2)CC3NC(=O)c2ccccc2)nn1C. The molecule has 1 N–H and O–H groups in total. The van der Waals surface area contributed by atoms with Crippen LogP contribution in [0.4, 0.5) is 0 Å². The van der Waals surface area contributed by atoms with Crippen molar-refractivity contribution in [1.29, 1.82) is 0 Å². The van der Waals surface area contributed by atoms with Gasteiger partial charge in [-0.3, -0.25) is 14.3 Å². The molecule has 1 spiro atoms. The second kappa shape index (κ2) is 6.27. The van der Waals surface area contributed by atoms with Crippen LogP contribution < -0.4 is 5.32 Å². The Labute approximate surface area is 153 Å². The van der Waals surface area contributed by atoms with Crippen LogP contribution in [0.3, 0.4) is 0 Å². The molecule has 1 aliphatic carbocycles. The van der Waals surface area contributed by atoms with Crippen molar-refractivity contribution >= 4 is 11.8 Å². The summed E-state index contributed by atoms with van der Waals surface area (Å²) < 4.78 is 1.73. The van der Waals surface area contributed by atoms with Crippen LogP contribution in [0.1, 0.15) is 45.8 Å². The molecule has 1 aliphatic heterocycles. The van der Waals surface area contributed by atoms with E-state index in [-0.39, 0.29) is 23.3 Å². The van der Waals surface area contributed by atoms with Crippen molar-refractivity contribution in [1.82, 2.24) is 20.0 Å². The number of nitrogens with zero attached hydrogens (tertiary/aromatic N) is 3. The van der Waals surface area contributed by atoms with E-state index < -0.39 is 0 Å². The zero-order valence-electron chi connectivity index (χ0n) is 15.2. The monoisotopic (exact) mass is 352 g/mol. The van der Waals surface area contributed by atoms with Gasteiger partial charge in [-0.1, -0.05) is 18.2 Å². The van der Waals surface area contributed by atoms with E-state index in [1.165, 1.54) is 0 Å². The largest absolute Gasteiger partial charge is 0.349 e. The third-order valence-electron chi connectivity index (χ3n) is 5.91. The van der Waals surface area contributed by atoms with Crippen LogP contribution in [0, 0.1) is 12.3 Å². The molecule has 1 aromatic heterocycles. The fourth-order valence-corrected chi connectivity index (χ4v) is 3.92. The summed E-state index contributed by atoms with van der Waals surface area (Å²) in [5.41, 5.74) is 2.37. The summed E-state index contributed by atoms with van der Waals surface area (Å²) in [5, 5.41) is 7.45. The lowest BCUT2D eigenvalue weighted by atomic mass is 9.92. The highest BCUT2D eigenvalue weighted by atomic mass is 16.2. The summed E-state index contributed by atoms with van der Waals surface area (Å²) in [7, 11) is 1.85. The van der Waals surface area contributed by atoms with E-state index >= 15 is 0 Å². The molecule has 2 heterocycles. The van der Waals surface area contributed by atoms with Gasteiger partial charge in [0, 0.05) is 37.4 Å². The Morgan fingerprint density at radius 1 is 1.19 bits per heavy atom. The quantitative estimate of drug-likeness (QED) is 0.920. The molecule has 136 valence electrons. The number of likely N-dealkylation sites (tertiary alicyclic amines) is 1. The third kappa shape index (κ3) is 3.00. The van der Waals surface area contributed by atoms with Crippen LogP contribution in [0.5, 0.6) is 0 Å². The first-order valence-corrected chi connectivity index (χ1v) is 9.14. The molecule has 2 aliphatic rings. The number of aromatic nitrogens is 2. The molecule has 4 rings (SSSR count). The zero-order valence-corrected chi connectivity index (χ0v) is 15.2. The fraction of sp³-hybridized carbons (Fsp3) is 0.450. The van der Waals surface area contributed by atoms with Gasteiger partial charge in [0.25, 0.3) is 11.8 Å². The van der Waals surface area contributed by atoms with Crippen LogP contribution in [0.15, 0.2) is 36.4 Å². The van der Waals surface area contributed by atoms with Crippen LogP contribution in [0.25, 0.3) is 0 Å². The van der Waals surface area contributed by atoms with Crippen LogP contribution in [0.2, 0.25) is 0 Å². The van der Waals surface area contributed by atoms with E-state index in [1.807, 2.05) is 55.3 Å². The van der Waals surface area contributed by atoms with Crippen molar-refractivity contribution in [2.75, 3.05) is 13.1 Å². The number of piperidine rings is 1. The summed E-state index contributed by atoms with van der Waals surface area (Å²) in [5.74, 6) is 0.00372. The average Bonchev–Trinajstić information content (AvgIpc) is 3.19. The lowest BCUT2D eigenvalue weighted by molar-refractivity contribution is 0.0661. The molecule has 6 heteroatoms. The molecule has 1 aromatic carbocycles.